The van der Waals surface area contributed by atoms with E-state index in [-0.39, 0.29) is 11.3 Å². The van der Waals surface area contributed by atoms with Gasteiger partial charge in [0.15, 0.2) is 0 Å². The minimum absolute atomic E-state index is 0.0249. The predicted octanol–water partition coefficient (Wildman–Crippen LogP) is 2.21. The third-order valence-electron chi connectivity index (χ3n) is 2.73. The van der Waals surface area contributed by atoms with Crippen molar-refractivity contribution in [3.63, 3.8) is 0 Å². The van der Waals surface area contributed by atoms with Crippen molar-refractivity contribution in [3.05, 3.63) is 58.0 Å². The van der Waals surface area contributed by atoms with Crippen LogP contribution in [0.15, 0.2) is 46.8 Å². The zero-order chi connectivity index (χ0) is 12.5. The van der Waals surface area contributed by atoms with Gasteiger partial charge in [-0.1, -0.05) is 12.1 Å². The van der Waals surface area contributed by atoms with Gasteiger partial charge in [-0.05, 0) is 29.1 Å². The molecule has 4 nitrogen and oxygen atoms in total. The van der Waals surface area contributed by atoms with Crippen LogP contribution in [0, 0.1) is 0 Å². The molecule has 18 heavy (non-hydrogen) atoms. The molecule has 2 heterocycles. The molecule has 1 aromatic carbocycles. The summed E-state index contributed by atoms with van der Waals surface area (Å²) in [7, 11) is 0. The average molecular weight is 258 g/mol. The van der Waals surface area contributed by atoms with E-state index in [1.807, 2.05) is 11.4 Å². The maximum atomic E-state index is 12.1. The van der Waals surface area contributed by atoms with E-state index in [9.17, 15) is 9.90 Å². The summed E-state index contributed by atoms with van der Waals surface area (Å²) in [6.07, 6.45) is 1.56. The molecule has 0 aliphatic heterocycles. The molecule has 1 N–H and O–H groups in total. The maximum Gasteiger partial charge on any atom is 0.271 e. The van der Waals surface area contributed by atoms with Gasteiger partial charge in [0.1, 0.15) is 10.4 Å². The summed E-state index contributed by atoms with van der Waals surface area (Å²) in [5, 5.41) is 11.1. The number of aromatic hydroxyl groups is 1. The molecule has 0 fully saturated rings. The molecule has 0 spiro atoms. The fourth-order valence-electron chi connectivity index (χ4n) is 1.79. The molecule has 3 aromatic rings. The summed E-state index contributed by atoms with van der Waals surface area (Å²) in [6.45, 7) is 0.458. The first-order chi connectivity index (χ1) is 8.74. The molecule has 0 aliphatic rings. The standard InChI is InChI=1S/C13H10N2O2S/c16-10-3-1-9(2-4-10)7-15-8-14-11-5-6-18-12(11)13(15)17/h1-6,8,16H,7H2. The molecule has 0 radical (unpaired) electrons. The zero-order valence-corrected chi connectivity index (χ0v) is 10.2. The quantitative estimate of drug-likeness (QED) is 0.766. The number of aromatic nitrogens is 2. The van der Waals surface area contributed by atoms with E-state index in [0.717, 1.165) is 11.1 Å². The van der Waals surface area contributed by atoms with Crippen molar-refractivity contribution in [2.75, 3.05) is 0 Å². The number of rotatable bonds is 2. The van der Waals surface area contributed by atoms with E-state index >= 15 is 0 Å². The summed E-state index contributed by atoms with van der Waals surface area (Å²) in [5.41, 5.74) is 1.67. The first-order valence-corrected chi connectivity index (χ1v) is 6.32. The molecule has 0 amide bonds. The number of benzene rings is 1. The van der Waals surface area contributed by atoms with E-state index < -0.39 is 0 Å². The van der Waals surface area contributed by atoms with Gasteiger partial charge in [-0.15, -0.1) is 11.3 Å². The van der Waals surface area contributed by atoms with E-state index in [1.54, 1.807) is 35.2 Å². The van der Waals surface area contributed by atoms with Gasteiger partial charge in [0, 0.05) is 0 Å². The molecular formula is C13H10N2O2S. The lowest BCUT2D eigenvalue weighted by Crippen LogP contribution is -2.20. The second-order valence-corrected chi connectivity index (χ2v) is 4.90. The highest BCUT2D eigenvalue weighted by Crippen LogP contribution is 2.14. The number of fused-ring (bicyclic) bond motifs is 1. The summed E-state index contributed by atoms with van der Waals surface area (Å²) < 4.78 is 2.25. The molecule has 5 heteroatoms. The molecule has 0 unspecified atom stereocenters. The van der Waals surface area contributed by atoms with Crippen LogP contribution in [0.4, 0.5) is 0 Å². The summed E-state index contributed by atoms with van der Waals surface area (Å²) >= 11 is 1.41. The Morgan fingerprint density at radius 3 is 2.78 bits per heavy atom. The Labute approximate surface area is 107 Å². The van der Waals surface area contributed by atoms with Crippen LogP contribution in [0.2, 0.25) is 0 Å². The molecule has 0 saturated heterocycles. The number of hydrogen-bond donors (Lipinski definition) is 1. The van der Waals surface area contributed by atoms with Crippen molar-refractivity contribution in [3.8, 4) is 5.75 Å². The normalized spacial score (nSPS) is 10.9. The van der Waals surface area contributed by atoms with E-state index in [2.05, 4.69) is 4.98 Å². The first kappa shape index (κ1) is 11.0. The van der Waals surface area contributed by atoms with Crippen LogP contribution in [0.1, 0.15) is 5.56 Å². The van der Waals surface area contributed by atoms with Crippen LogP contribution in [-0.4, -0.2) is 14.7 Å². The minimum atomic E-state index is -0.0249. The monoisotopic (exact) mass is 258 g/mol. The molecule has 2 aromatic heterocycles. The number of phenolic OH excluding ortho intramolecular Hbond substituents is 1. The molecule has 90 valence electrons. The number of nitrogens with zero attached hydrogens (tertiary/aromatic N) is 2. The average Bonchev–Trinajstić information content (AvgIpc) is 2.84. The lowest BCUT2D eigenvalue weighted by atomic mass is 10.2. The van der Waals surface area contributed by atoms with Crippen LogP contribution in [0.3, 0.4) is 0 Å². The molecule has 0 atom stereocenters. The molecule has 0 saturated carbocycles. The van der Waals surface area contributed by atoms with Gasteiger partial charge < -0.3 is 5.11 Å². The Balaban J connectivity index is 2.02. The Kier molecular flexibility index (Phi) is 2.60. The van der Waals surface area contributed by atoms with Crippen molar-refractivity contribution in [1.29, 1.82) is 0 Å². The van der Waals surface area contributed by atoms with Gasteiger partial charge in [0.2, 0.25) is 0 Å². The van der Waals surface area contributed by atoms with Gasteiger partial charge in [-0.25, -0.2) is 4.98 Å². The Bertz CT molecular complexity index is 744. The topological polar surface area (TPSA) is 55.1 Å². The second kappa shape index (κ2) is 4.27. The van der Waals surface area contributed by atoms with Gasteiger partial charge in [0.05, 0.1) is 18.4 Å². The summed E-state index contributed by atoms with van der Waals surface area (Å²) in [4.78, 5) is 16.4. The molecule has 3 rings (SSSR count). The highest BCUT2D eigenvalue weighted by Gasteiger charge is 2.05. The minimum Gasteiger partial charge on any atom is -0.508 e. The highest BCUT2D eigenvalue weighted by molar-refractivity contribution is 7.17. The van der Waals surface area contributed by atoms with Crippen molar-refractivity contribution < 1.29 is 5.11 Å². The number of phenols is 1. The van der Waals surface area contributed by atoms with Crippen LogP contribution in [-0.2, 0) is 6.54 Å². The fourth-order valence-corrected chi connectivity index (χ4v) is 2.58. The maximum absolute atomic E-state index is 12.1. The summed E-state index contributed by atoms with van der Waals surface area (Å²) in [6, 6.07) is 8.64. The van der Waals surface area contributed by atoms with Crippen LogP contribution in [0.25, 0.3) is 10.2 Å². The molecule has 0 aliphatic carbocycles. The van der Waals surface area contributed by atoms with E-state index in [1.165, 1.54) is 11.3 Å². The summed E-state index contributed by atoms with van der Waals surface area (Å²) in [5.74, 6) is 0.220. The smallest absolute Gasteiger partial charge is 0.271 e. The molecular weight excluding hydrogens is 248 g/mol. The third kappa shape index (κ3) is 1.89. The van der Waals surface area contributed by atoms with Gasteiger partial charge in [-0.3, -0.25) is 9.36 Å². The lowest BCUT2D eigenvalue weighted by Gasteiger charge is -2.05. The van der Waals surface area contributed by atoms with Crippen molar-refractivity contribution in [2.24, 2.45) is 0 Å². The van der Waals surface area contributed by atoms with Crippen molar-refractivity contribution >= 4 is 21.6 Å². The number of hydrogen-bond acceptors (Lipinski definition) is 4. The largest absolute Gasteiger partial charge is 0.508 e. The predicted molar refractivity (Wildman–Crippen MR) is 71.1 cm³/mol. The van der Waals surface area contributed by atoms with Crippen molar-refractivity contribution in [1.82, 2.24) is 9.55 Å². The van der Waals surface area contributed by atoms with Crippen LogP contribution in [0.5, 0.6) is 5.75 Å². The van der Waals surface area contributed by atoms with Gasteiger partial charge in [-0.2, -0.15) is 0 Å². The second-order valence-electron chi connectivity index (χ2n) is 3.98. The van der Waals surface area contributed by atoms with Crippen molar-refractivity contribution in [2.45, 2.75) is 6.54 Å². The van der Waals surface area contributed by atoms with Crippen LogP contribution >= 0.6 is 11.3 Å². The van der Waals surface area contributed by atoms with E-state index in [4.69, 9.17) is 0 Å². The lowest BCUT2D eigenvalue weighted by molar-refractivity contribution is 0.475. The molecule has 0 bridgehead atoms. The fraction of sp³-hybridized carbons (Fsp3) is 0.0769. The third-order valence-corrected chi connectivity index (χ3v) is 3.62. The highest BCUT2D eigenvalue weighted by atomic mass is 32.1. The van der Waals surface area contributed by atoms with Gasteiger partial charge in [0.25, 0.3) is 5.56 Å². The Morgan fingerprint density at radius 1 is 1.22 bits per heavy atom. The Hall–Kier alpha value is -2.14. The van der Waals surface area contributed by atoms with Gasteiger partial charge >= 0.3 is 0 Å². The zero-order valence-electron chi connectivity index (χ0n) is 9.41. The first-order valence-electron chi connectivity index (χ1n) is 5.44. The number of thiophene rings is 1. The van der Waals surface area contributed by atoms with E-state index in [0.29, 0.717) is 11.2 Å². The Morgan fingerprint density at radius 2 is 2.00 bits per heavy atom. The van der Waals surface area contributed by atoms with Crippen LogP contribution < -0.4 is 5.56 Å². The SMILES string of the molecule is O=c1c2sccc2ncn1Cc1ccc(O)cc1.